The van der Waals surface area contributed by atoms with Gasteiger partial charge in [-0.3, -0.25) is 9.48 Å². The third-order valence-electron chi connectivity index (χ3n) is 2.72. The van der Waals surface area contributed by atoms with Gasteiger partial charge in [-0.2, -0.15) is 5.10 Å². The molecule has 0 aliphatic heterocycles. The highest BCUT2D eigenvalue weighted by atomic mass is 16.4. The molecule has 0 unspecified atom stereocenters. The van der Waals surface area contributed by atoms with Crippen molar-refractivity contribution in [1.82, 2.24) is 9.78 Å². The van der Waals surface area contributed by atoms with Gasteiger partial charge in [0.1, 0.15) is 0 Å². The lowest BCUT2D eigenvalue weighted by Gasteiger charge is -2.04. The molecule has 0 saturated heterocycles. The highest BCUT2D eigenvalue weighted by Gasteiger charge is 2.11. The van der Waals surface area contributed by atoms with Crippen LogP contribution < -0.4 is 0 Å². The van der Waals surface area contributed by atoms with E-state index >= 15 is 0 Å². The monoisotopic (exact) mass is 230 g/mol. The Morgan fingerprint density at radius 3 is 2.71 bits per heavy atom. The molecule has 0 spiro atoms. The molecule has 0 bridgehead atoms. The highest BCUT2D eigenvalue weighted by Crippen LogP contribution is 2.23. The van der Waals surface area contributed by atoms with Crippen LogP contribution in [-0.2, 0) is 18.3 Å². The van der Waals surface area contributed by atoms with Crippen molar-refractivity contribution in [2.45, 2.75) is 12.8 Å². The van der Waals surface area contributed by atoms with E-state index in [1.807, 2.05) is 37.4 Å². The number of aromatic nitrogens is 2. The summed E-state index contributed by atoms with van der Waals surface area (Å²) in [5, 5.41) is 12.9. The van der Waals surface area contributed by atoms with Gasteiger partial charge in [0, 0.05) is 24.7 Å². The summed E-state index contributed by atoms with van der Waals surface area (Å²) in [7, 11) is 1.84. The molecule has 4 nitrogen and oxygen atoms in total. The molecule has 17 heavy (non-hydrogen) atoms. The second kappa shape index (κ2) is 4.82. The first-order valence-electron chi connectivity index (χ1n) is 5.46. The Morgan fingerprint density at radius 1 is 1.35 bits per heavy atom. The molecule has 0 fully saturated rings. The third-order valence-corrected chi connectivity index (χ3v) is 2.72. The summed E-state index contributed by atoms with van der Waals surface area (Å²) in [6, 6.07) is 9.88. The Bertz CT molecular complexity index is 517. The molecule has 2 rings (SSSR count). The molecule has 1 heterocycles. The molecule has 1 N–H and O–H groups in total. The Balaban J connectivity index is 2.32. The number of carboxylic acid groups (broad SMARTS) is 1. The van der Waals surface area contributed by atoms with E-state index in [-0.39, 0.29) is 6.42 Å². The Kier molecular flexibility index (Phi) is 3.23. The minimum absolute atomic E-state index is 0.124. The van der Waals surface area contributed by atoms with Crippen molar-refractivity contribution in [3.63, 3.8) is 0 Å². The van der Waals surface area contributed by atoms with Crippen molar-refractivity contribution >= 4 is 5.97 Å². The first-order chi connectivity index (χ1) is 8.18. The van der Waals surface area contributed by atoms with Crippen molar-refractivity contribution in [2.24, 2.45) is 7.05 Å². The molecule has 2 aromatic rings. The van der Waals surface area contributed by atoms with E-state index in [2.05, 4.69) is 5.10 Å². The van der Waals surface area contributed by atoms with Crippen LogP contribution in [0.3, 0.4) is 0 Å². The van der Waals surface area contributed by atoms with E-state index in [1.165, 1.54) is 0 Å². The maximum Gasteiger partial charge on any atom is 0.303 e. The number of aliphatic carboxylic acids is 1. The molecule has 0 amide bonds. The van der Waals surface area contributed by atoms with Gasteiger partial charge in [0.25, 0.3) is 0 Å². The number of benzene rings is 1. The normalized spacial score (nSPS) is 10.4. The molecule has 0 saturated carbocycles. The van der Waals surface area contributed by atoms with Gasteiger partial charge in [-0.05, 0) is 5.56 Å². The van der Waals surface area contributed by atoms with Crippen molar-refractivity contribution in [1.29, 1.82) is 0 Å². The van der Waals surface area contributed by atoms with E-state index in [0.717, 1.165) is 16.8 Å². The molecule has 1 aromatic heterocycles. The number of rotatable bonds is 4. The molecular formula is C13H14N2O2. The van der Waals surface area contributed by atoms with Gasteiger partial charge in [0.15, 0.2) is 0 Å². The van der Waals surface area contributed by atoms with Gasteiger partial charge in [-0.25, -0.2) is 0 Å². The van der Waals surface area contributed by atoms with E-state index in [1.54, 1.807) is 10.9 Å². The van der Waals surface area contributed by atoms with Gasteiger partial charge in [-0.1, -0.05) is 30.3 Å². The zero-order valence-electron chi connectivity index (χ0n) is 9.63. The smallest absolute Gasteiger partial charge is 0.303 e. The van der Waals surface area contributed by atoms with Crippen LogP contribution in [0.25, 0.3) is 11.1 Å². The summed E-state index contributed by atoms with van der Waals surface area (Å²) in [6.07, 6.45) is 2.40. The summed E-state index contributed by atoms with van der Waals surface area (Å²) in [5.74, 6) is -0.787. The summed E-state index contributed by atoms with van der Waals surface area (Å²) in [6.45, 7) is 0. The number of hydrogen-bond acceptors (Lipinski definition) is 2. The quantitative estimate of drug-likeness (QED) is 0.875. The van der Waals surface area contributed by atoms with Crippen LogP contribution in [0.2, 0.25) is 0 Å². The molecule has 0 aliphatic rings. The third kappa shape index (κ3) is 2.53. The predicted octanol–water partition coefficient (Wildman–Crippen LogP) is 2.10. The SMILES string of the molecule is Cn1ncc(-c2ccccc2)c1CCC(=O)O. The zero-order chi connectivity index (χ0) is 12.3. The standard InChI is InChI=1S/C13H14N2O2/c1-15-12(7-8-13(16)17)11(9-14-15)10-5-3-2-4-6-10/h2-6,9H,7-8H2,1H3,(H,16,17). The fourth-order valence-electron chi connectivity index (χ4n) is 1.84. The van der Waals surface area contributed by atoms with Crippen molar-refractivity contribution in [2.75, 3.05) is 0 Å². The minimum Gasteiger partial charge on any atom is -0.481 e. The molecule has 88 valence electrons. The first kappa shape index (κ1) is 11.4. The lowest BCUT2D eigenvalue weighted by Crippen LogP contribution is -2.04. The van der Waals surface area contributed by atoms with Crippen LogP contribution in [0, 0.1) is 0 Å². The highest BCUT2D eigenvalue weighted by molar-refractivity contribution is 5.69. The van der Waals surface area contributed by atoms with Crippen molar-refractivity contribution in [3.8, 4) is 11.1 Å². The minimum atomic E-state index is -0.787. The number of carbonyl (C=O) groups is 1. The van der Waals surface area contributed by atoms with Crippen molar-refractivity contribution < 1.29 is 9.90 Å². The Labute approximate surface area is 99.5 Å². The fourth-order valence-corrected chi connectivity index (χ4v) is 1.84. The van der Waals surface area contributed by atoms with Gasteiger partial charge in [-0.15, -0.1) is 0 Å². The van der Waals surface area contributed by atoms with Crippen LogP contribution in [0.15, 0.2) is 36.5 Å². The van der Waals surface area contributed by atoms with Crippen LogP contribution in [0.1, 0.15) is 12.1 Å². The van der Waals surface area contributed by atoms with E-state index in [4.69, 9.17) is 5.11 Å². The fraction of sp³-hybridized carbons (Fsp3) is 0.231. The summed E-state index contributed by atoms with van der Waals surface area (Å²) < 4.78 is 1.74. The van der Waals surface area contributed by atoms with Crippen LogP contribution in [0.5, 0.6) is 0 Å². The molecule has 4 heteroatoms. The first-order valence-corrected chi connectivity index (χ1v) is 5.46. The lowest BCUT2D eigenvalue weighted by molar-refractivity contribution is -0.136. The summed E-state index contributed by atoms with van der Waals surface area (Å²) >= 11 is 0. The maximum absolute atomic E-state index is 10.6. The van der Waals surface area contributed by atoms with Crippen LogP contribution >= 0.6 is 0 Å². The van der Waals surface area contributed by atoms with Gasteiger partial charge in [0.2, 0.25) is 0 Å². The Hall–Kier alpha value is -2.10. The average molecular weight is 230 g/mol. The molecular weight excluding hydrogens is 216 g/mol. The van der Waals surface area contributed by atoms with Gasteiger partial charge in [0.05, 0.1) is 12.6 Å². The number of nitrogens with zero attached hydrogens (tertiary/aromatic N) is 2. The largest absolute Gasteiger partial charge is 0.481 e. The lowest BCUT2D eigenvalue weighted by atomic mass is 10.0. The average Bonchev–Trinajstić information content (AvgIpc) is 2.69. The summed E-state index contributed by atoms with van der Waals surface area (Å²) in [5.41, 5.74) is 3.04. The van der Waals surface area contributed by atoms with E-state index in [9.17, 15) is 4.79 Å². The van der Waals surface area contributed by atoms with E-state index < -0.39 is 5.97 Å². The molecule has 0 aliphatic carbocycles. The molecule has 0 radical (unpaired) electrons. The number of aryl methyl sites for hydroxylation is 1. The van der Waals surface area contributed by atoms with E-state index in [0.29, 0.717) is 6.42 Å². The topological polar surface area (TPSA) is 55.1 Å². The van der Waals surface area contributed by atoms with Crippen LogP contribution in [-0.4, -0.2) is 20.9 Å². The van der Waals surface area contributed by atoms with Gasteiger partial charge < -0.3 is 5.11 Å². The predicted molar refractivity (Wildman–Crippen MR) is 64.6 cm³/mol. The molecule has 0 atom stereocenters. The van der Waals surface area contributed by atoms with Crippen molar-refractivity contribution in [3.05, 3.63) is 42.2 Å². The maximum atomic E-state index is 10.6. The zero-order valence-corrected chi connectivity index (χ0v) is 9.63. The summed E-state index contributed by atoms with van der Waals surface area (Å²) in [4.78, 5) is 10.6. The van der Waals surface area contributed by atoms with Gasteiger partial charge >= 0.3 is 5.97 Å². The second-order valence-electron chi connectivity index (χ2n) is 3.89. The number of carboxylic acids is 1. The van der Waals surface area contributed by atoms with Crippen LogP contribution in [0.4, 0.5) is 0 Å². The second-order valence-corrected chi connectivity index (χ2v) is 3.89. The molecule has 1 aromatic carbocycles. The Morgan fingerprint density at radius 2 is 2.06 bits per heavy atom. The number of hydrogen-bond donors (Lipinski definition) is 1.